The number of anilines is 2. The summed E-state index contributed by atoms with van der Waals surface area (Å²) in [6.45, 7) is 3.34. The van der Waals surface area contributed by atoms with Gasteiger partial charge in [-0.15, -0.1) is 0 Å². The molecule has 1 aliphatic heterocycles. The van der Waals surface area contributed by atoms with Crippen molar-refractivity contribution in [1.82, 2.24) is 30.2 Å². The van der Waals surface area contributed by atoms with Gasteiger partial charge in [-0.3, -0.25) is 5.32 Å². The summed E-state index contributed by atoms with van der Waals surface area (Å²) >= 11 is 0. The zero-order valence-electron chi connectivity index (χ0n) is 17.1. The molecule has 0 bridgehead atoms. The summed E-state index contributed by atoms with van der Waals surface area (Å²) in [5.74, 6) is 1.89. The predicted octanol–water partition coefficient (Wildman–Crippen LogP) is 3.58. The van der Waals surface area contributed by atoms with Crippen LogP contribution in [0.5, 0.6) is 0 Å². The van der Waals surface area contributed by atoms with Gasteiger partial charge in [0, 0.05) is 42.8 Å². The fraction of sp³-hybridized carbons (Fsp3) is 0.227. The van der Waals surface area contributed by atoms with Crippen molar-refractivity contribution in [3.8, 4) is 22.5 Å². The highest BCUT2D eigenvalue weighted by Crippen LogP contribution is 2.33. The Morgan fingerprint density at radius 1 is 1.13 bits per heavy atom. The molecule has 0 aliphatic carbocycles. The number of carbonyl (C=O) groups is 1. The smallest absolute Gasteiger partial charge is 0.321 e. The first-order valence-electron chi connectivity index (χ1n) is 10.3. The van der Waals surface area contributed by atoms with Crippen LogP contribution in [-0.4, -0.2) is 44.0 Å². The van der Waals surface area contributed by atoms with E-state index in [4.69, 9.17) is 0 Å². The summed E-state index contributed by atoms with van der Waals surface area (Å²) in [5, 5.41) is 8.78. The van der Waals surface area contributed by atoms with Gasteiger partial charge >= 0.3 is 6.03 Å². The molecule has 0 spiro atoms. The second-order valence-corrected chi connectivity index (χ2v) is 7.32. The van der Waals surface area contributed by atoms with Gasteiger partial charge in [-0.2, -0.15) is 0 Å². The zero-order chi connectivity index (χ0) is 21.2. The highest BCUT2D eigenvalue weighted by molar-refractivity contribution is 5.97. The van der Waals surface area contributed by atoms with Gasteiger partial charge in [0.15, 0.2) is 5.82 Å². The van der Waals surface area contributed by atoms with Crippen LogP contribution in [0.15, 0.2) is 42.9 Å². The second kappa shape index (κ2) is 8.02. The Bertz CT molecular complexity index is 1250. The number of amides is 2. The summed E-state index contributed by atoms with van der Waals surface area (Å²) in [4.78, 5) is 33.2. The maximum absolute atomic E-state index is 11.9. The van der Waals surface area contributed by atoms with Gasteiger partial charge in [-0.1, -0.05) is 0 Å². The number of hydrogen-bond donors (Lipinski definition) is 4. The zero-order valence-corrected chi connectivity index (χ0v) is 17.1. The molecule has 9 nitrogen and oxygen atoms in total. The average molecular weight is 414 g/mol. The van der Waals surface area contributed by atoms with Gasteiger partial charge in [0.1, 0.15) is 11.3 Å². The molecule has 0 radical (unpaired) electrons. The molecule has 0 fully saturated rings. The molecule has 0 atom stereocenters. The molecule has 156 valence electrons. The van der Waals surface area contributed by atoms with E-state index in [1.165, 1.54) is 5.56 Å². The lowest BCUT2D eigenvalue weighted by Crippen LogP contribution is -2.28. The average Bonchev–Trinajstić information content (AvgIpc) is 3.21. The fourth-order valence-corrected chi connectivity index (χ4v) is 3.77. The van der Waals surface area contributed by atoms with E-state index in [2.05, 4.69) is 46.9 Å². The number of aromatic amines is 1. The Morgan fingerprint density at radius 3 is 2.84 bits per heavy atom. The van der Waals surface area contributed by atoms with Crippen molar-refractivity contribution in [3.63, 3.8) is 0 Å². The van der Waals surface area contributed by atoms with Crippen molar-refractivity contribution in [3.05, 3.63) is 48.4 Å². The first-order valence-corrected chi connectivity index (χ1v) is 10.3. The minimum absolute atomic E-state index is 0.314. The van der Waals surface area contributed by atoms with Crippen LogP contribution in [0.2, 0.25) is 0 Å². The minimum atomic E-state index is -0.314. The molecule has 4 N–H and O–H groups in total. The highest BCUT2D eigenvalue weighted by Gasteiger charge is 2.17. The fourth-order valence-electron chi connectivity index (χ4n) is 3.77. The molecule has 9 heteroatoms. The summed E-state index contributed by atoms with van der Waals surface area (Å²) < 4.78 is 0. The van der Waals surface area contributed by atoms with Gasteiger partial charge in [0.2, 0.25) is 5.95 Å². The number of H-pyrrole nitrogens is 1. The standard InChI is InChI=1S/C22H22N8O/c1-2-23-22(31)30-21-28-17-11-14(15-9-13-5-3-6-24-19(13)27-12-15)10-16(18(17)29-21)20-25-7-4-8-26-20/h4,7-12H,2-3,5-6H2,1H3,(H,24,27)(H3,23,28,29,30,31). The Balaban J connectivity index is 1.63. The van der Waals surface area contributed by atoms with Crippen LogP contribution in [0.3, 0.4) is 0 Å². The molecule has 31 heavy (non-hydrogen) atoms. The number of fused-ring (bicyclic) bond motifs is 2. The summed E-state index contributed by atoms with van der Waals surface area (Å²) in [6, 6.07) is 7.67. The number of carbonyl (C=O) groups excluding carboxylic acids is 1. The molecule has 4 aromatic rings. The van der Waals surface area contributed by atoms with Crippen LogP contribution in [0.25, 0.3) is 33.5 Å². The lowest BCUT2D eigenvalue weighted by atomic mass is 9.99. The number of imidazole rings is 1. The van der Waals surface area contributed by atoms with Gasteiger partial charge in [0.25, 0.3) is 0 Å². The topological polar surface area (TPSA) is 121 Å². The first-order chi connectivity index (χ1) is 15.2. The Labute approximate surface area is 178 Å². The molecule has 5 rings (SSSR count). The monoisotopic (exact) mass is 414 g/mol. The quantitative estimate of drug-likeness (QED) is 0.405. The van der Waals surface area contributed by atoms with Crippen molar-refractivity contribution >= 4 is 28.8 Å². The Morgan fingerprint density at radius 2 is 2.00 bits per heavy atom. The molecule has 2 amide bonds. The molecule has 0 unspecified atom stereocenters. The summed E-state index contributed by atoms with van der Waals surface area (Å²) in [6.07, 6.45) is 7.37. The van der Waals surface area contributed by atoms with Crippen molar-refractivity contribution in [2.75, 3.05) is 23.7 Å². The number of aromatic nitrogens is 5. The number of rotatable bonds is 4. The number of urea groups is 1. The molecular weight excluding hydrogens is 392 g/mol. The highest BCUT2D eigenvalue weighted by atomic mass is 16.2. The van der Waals surface area contributed by atoms with Gasteiger partial charge in [-0.25, -0.2) is 24.7 Å². The van der Waals surface area contributed by atoms with Gasteiger partial charge in [-0.05, 0) is 55.2 Å². The second-order valence-electron chi connectivity index (χ2n) is 7.32. The van der Waals surface area contributed by atoms with Crippen LogP contribution < -0.4 is 16.0 Å². The van der Waals surface area contributed by atoms with Crippen LogP contribution in [0, 0.1) is 0 Å². The predicted molar refractivity (Wildman–Crippen MR) is 120 cm³/mol. The third-order valence-electron chi connectivity index (χ3n) is 5.18. The van der Waals surface area contributed by atoms with E-state index in [0.717, 1.165) is 47.4 Å². The molecule has 0 saturated carbocycles. The first kappa shape index (κ1) is 19.0. The molecule has 3 aromatic heterocycles. The van der Waals surface area contributed by atoms with E-state index in [1.807, 2.05) is 25.3 Å². The van der Waals surface area contributed by atoms with E-state index >= 15 is 0 Å². The number of benzene rings is 1. The van der Waals surface area contributed by atoms with E-state index < -0.39 is 0 Å². The molecule has 4 heterocycles. The van der Waals surface area contributed by atoms with Crippen molar-refractivity contribution in [1.29, 1.82) is 0 Å². The van der Waals surface area contributed by atoms with Gasteiger partial charge < -0.3 is 15.6 Å². The number of nitrogens with one attached hydrogen (secondary N) is 4. The summed E-state index contributed by atoms with van der Waals surface area (Å²) in [7, 11) is 0. The molecular formula is C22H22N8O. The molecule has 0 saturated heterocycles. The third-order valence-corrected chi connectivity index (χ3v) is 5.18. The molecule has 1 aliphatic rings. The van der Waals surface area contributed by atoms with E-state index in [0.29, 0.717) is 23.8 Å². The number of pyridine rings is 1. The summed E-state index contributed by atoms with van der Waals surface area (Å²) in [5.41, 5.74) is 5.45. The maximum Gasteiger partial charge on any atom is 0.321 e. The van der Waals surface area contributed by atoms with E-state index in [1.54, 1.807) is 18.5 Å². The van der Waals surface area contributed by atoms with Crippen molar-refractivity contribution in [2.24, 2.45) is 0 Å². The van der Waals surface area contributed by atoms with Crippen molar-refractivity contribution < 1.29 is 4.79 Å². The lowest BCUT2D eigenvalue weighted by Gasteiger charge is -2.17. The SMILES string of the molecule is CCNC(=O)Nc1nc2c(-c3ncccn3)cc(-c3cnc4c(c3)CCCN4)cc2[nH]1. The third kappa shape index (κ3) is 3.77. The number of aryl methyl sites for hydroxylation is 1. The maximum atomic E-state index is 11.9. The largest absolute Gasteiger partial charge is 0.370 e. The Hall–Kier alpha value is -4.01. The van der Waals surface area contributed by atoms with E-state index in [-0.39, 0.29) is 6.03 Å². The van der Waals surface area contributed by atoms with Crippen LogP contribution >= 0.6 is 0 Å². The van der Waals surface area contributed by atoms with Crippen molar-refractivity contribution in [2.45, 2.75) is 19.8 Å². The molecule has 1 aromatic carbocycles. The number of nitrogens with zero attached hydrogens (tertiary/aromatic N) is 4. The Kier molecular flexibility index (Phi) is 4.91. The normalized spacial score (nSPS) is 12.8. The van der Waals surface area contributed by atoms with E-state index in [9.17, 15) is 4.79 Å². The number of hydrogen-bond acceptors (Lipinski definition) is 6. The van der Waals surface area contributed by atoms with Crippen LogP contribution in [0.1, 0.15) is 18.9 Å². The van der Waals surface area contributed by atoms with Crippen LogP contribution in [-0.2, 0) is 6.42 Å². The van der Waals surface area contributed by atoms with Crippen LogP contribution in [0.4, 0.5) is 16.6 Å². The minimum Gasteiger partial charge on any atom is -0.370 e. The van der Waals surface area contributed by atoms with Gasteiger partial charge in [0.05, 0.1) is 5.52 Å². The lowest BCUT2D eigenvalue weighted by molar-refractivity contribution is 0.252.